The quantitative estimate of drug-likeness (QED) is 0.837. The van der Waals surface area contributed by atoms with Gasteiger partial charge in [0.2, 0.25) is 5.91 Å². The van der Waals surface area contributed by atoms with Gasteiger partial charge in [0.1, 0.15) is 0 Å². The van der Waals surface area contributed by atoms with E-state index in [1.807, 2.05) is 45.0 Å². The Hall–Kier alpha value is -1.92. The van der Waals surface area contributed by atoms with Crippen molar-refractivity contribution in [3.05, 3.63) is 34.7 Å². The normalized spacial score (nSPS) is 11.0. The van der Waals surface area contributed by atoms with Crippen LogP contribution in [0.4, 0.5) is 0 Å². The van der Waals surface area contributed by atoms with Crippen LogP contribution < -0.4 is 5.32 Å². The minimum absolute atomic E-state index is 0.0553. The Bertz CT molecular complexity index is 724. The molecular formula is C18H24N2O3S. The fourth-order valence-electron chi connectivity index (χ4n) is 2.57. The topological polar surface area (TPSA) is 58.6 Å². The fourth-order valence-corrected chi connectivity index (χ4v) is 3.75. The molecule has 0 radical (unpaired) electrons. The lowest BCUT2D eigenvalue weighted by molar-refractivity contribution is -0.122. The first-order valence-electron chi connectivity index (χ1n) is 8.05. The molecule has 1 N–H and O–H groups in total. The molecule has 0 aliphatic rings. The predicted octanol–water partition coefficient (Wildman–Crippen LogP) is 3.03. The summed E-state index contributed by atoms with van der Waals surface area (Å²) in [6, 6.07) is 7.96. The van der Waals surface area contributed by atoms with Crippen LogP contribution in [-0.2, 0) is 16.1 Å². The molecule has 1 aromatic carbocycles. The van der Waals surface area contributed by atoms with Gasteiger partial charge in [0.25, 0.3) is 5.91 Å². The molecule has 0 atom stereocenters. The van der Waals surface area contributed by atoms with E-state index >= 15 is 0 Å². The third-order valence-corrected chi connectivity index (χ3v) is 4.84. The van der Waals surface area contributed by atoms with Crippen molar-refractivity contribution >= 4 is 33.2 Å². The number of thiophene rings is 1. The second-order valence-corrected chi connectivity index (χ2v) is 6.93. The van der Waals surface area contributed by atoms with Gasteiger partial charge in [-0.2, -0.15) is 0 Å². The van der Waals surface area contributed by atoms with Crippen LogP contribution in [-0.4, -0.2) is 43.0 Å². The smallest absolute Gasteiger partial charge is 0.264 e. The Kier molecular flexibility index (Phi) is 6.34. The summed E-state index contributed by atoms with van der Waals surface area (Å²) in [5.74, 6) is -0.265. The maximum Gasteiger partial charge on any atom is 0.264 e. The molecule has 0 saturated carbocycles. The standard InChI is InChI=1S/C18H24N2O3S/c1-5-20(10-16(21)19-12(2)3)18(22)17-14(11-23-4)13-8-6-7-9-15(13)24-17/h6-9,12H,5,10-11H2,1-4H3,(H,19,21). The highest BCUT2D eigenvalue weighted by Crippen LogP contribution is 2.32. The Morgan fingerprint density at radius 3 is 2.62 bits per heavy atom. The molecule has 2 rings (SSSR count). The van der Waals surface area contributed by atoms with Crippen LogP contribution in [0, 0.1) is 0 Å². The molecule has 130 valence electrons. The molecule has 0 aliphatic carbocycles. The first kappa shape index (κ1) is 18.4. The fraction of sp³-hybridized carbons (Fsp3) is 0.444. The minimum atomic E-state index is -0.144. The second-order valence-electron chi connectivity index (χ2n) is 5.88. The molecular weight excluding hydrogens is 324 g/mol. The average molecular weight is 348 g/mol. The Balaban J connectivity index is 2.31. The van der Waals surface area contributed by atoms with Gasteiger partial charge in [-0.1, -0.05) is 18.2 Å². The van der Waals surface area contributed by atoms with Gasteiger partial charge in [0.05, 0.1) is 18.0 Å². The lowest BCUT2D eigenvalue weighted by Crippen LogP contribution is -2.42. The van der Waals surface area contributed by atoms with Crippen molar-refractivity contribution < 1.29 is 14.3 Å². The van der Waals surface area contributed by atoms with Gasteiger partial charge in [0.15, 0.2) is 0 Å². The third kappa shape index (κ3) is 4.13. The maximum atomic E-state index is 13.0. The van der Waals surface area contributed by atoms with E-state index in [-0.39, 0.29) is 24.4 Å². The summed E-state index contributed by atoms with van der Waals surface area (Å²) in [6.07, 6.45) is 0. The molecule has 2 aromatic rings. The molecule has 1 heterocycles. The molecule has 2 amide bonds. The summed E-state index contributed by atoms with van der Waals surface area (Å²) >= 11 is 1.45. The van der Waals surface area contributed by atoms with E-state index < -0.39 is 0 Å². The number of rotatable bonds is 7. The maximum absolute atomic E-state index is 13.0. The summed E-state index contributed by atoms with van der Waals surface area (Å²) < 4.78 is 6.34. The van der Waals surface area contributed by atoms with Gasteiger partial charge in [-0.15, -0.1) is 11.3 Å². The largest absolute Gasteiger partial charge is 0.380 e. The van der Waals surface area contributed by atoms with Crippen LogP contribution in [0.5, 0.6) is 0 Å². The van der Waals surface area contributed by atoms with E-state index in [4.69, 9.17) is 4.74 Å². The van der Waals surface area contributed by atoms with Crippen LogP contribution in [0.2, 0.25) is 0 Å². The zero-order valence-electron chi connectivity index (χ0n) is 14.6. The number of amides is 2. The van der Waals surface area contributed by atoms with E-state index in [0.717, 1.165) is 15.6 Å². The van der Waals surface area contributed by atoms with Crippen LogP contribution in [0.1, 0.15) is 36.0 Å². The number of fused-ring (bicyclic) bond motifs is 1. The number of methoxy groups -OCH3 is 1. The number of benzene rings is 1. The summed E-state index contributed by atoms with van der Waals surface area (Å²) in [7, 11) is 1.62. The van der Waals surface area contributed by atoms with Gasteiger partial charge < -0.3 is 15.0 Å². The van der Waals surface area contributed by atoms with Gasteiger partial charge in [-0.25, -0.2) is 0 Å². The highest BCUT2D eigenvalue weighted by molar-refractivity contribution is 7.21. The van der Waals surface area contributed by atoms with Crippen LogP contribution >= 0.6 is 11.3 Å². The van der Waals surface area contributed by atoms with Gasteiger partial charge in [0, 0.05) is 30.0 Å². The zero-order valence-corrected chi connectivity index (χ0v) is 15.4. The number of hydrogen-bond donors (Lipinski definition) is 1. The highest BCUT2D eigenvalue weighted by Gasteiger charge is 2.24. The van der Waals surface area contributed by atoms with Crippen molar-refractivity contribution in [3.8, 4) is 0 Å². The summed E-state index contributed by atoms with van der Waals surface area (Å²) in [5, 5.41) is 3.86. The molecule has 6 heteroatoms. The van der Waals surface area contributed by atoms with Crippen LogP contribution in [0.15, 0.2) is 24.3 Å². The number of likely N-dealkylation sites (N-methyl/N-ethyl adjacent to an activating group) is 1. The van der Waals surface area contributed by atoms with Gasteiger partial charge in [-0.3, -0.25) is 9.59 Å². The number of ether oxygens (including phenoxy) is 1. The van der Waals surface area contributed by atoms with Crippen molar-refractivity contribution in [2.45, 2.75) is 33.4 Å². The summed E-state index contributed by atoms with van der Waals surface area (Å²) in [5.41, 5.74) is 0.894. The molecule has 5 nitrogen and oxygen atoms in total. The van der Waals surface area contributed by atoms with Gasteiger partial charge >= 0.3 is 0 Å². The van der Waals surface area contributed by atoms with Crippen molar-refractivity contribution in [2.24, 2.45) is 0 Å². The summed E-state index contributed by atoms with van der Waals surface area (Å²) in [6.45, 7) is 6.60. The van der Waals surface area contributed by atoms with E-state index in [9.17, 15) is 9.59 Å². The van der Waals surface area contributed by atoms with Gasteiger partial charge in [-0.05, 0) is 32.2 Å². The minimum Gasteiger partial charge on any atom is -0.380 e. The Labute approximate surface area is 146 Å². The third-order valence-electron chi connectivity index (χ3n) is 3.63. The van der Waals surface area contributed by atoms with Crippen molar-refractivity contribution in [1.29, 1.82) is 0 Å². The molecule has 1 aromatic heterocycles. The molecule has 0 spiro atoms. The number of nitrogens with zero attached hydrogens (tertiary/aromatic N) is 1. The van der Waals surface area contributed by atoms with E-state index in [1.54, 1.807) is 12.0 Å². The molecule has 0 unspecified atom stereocenters. The van der Waals surface area contributed by atoms with Crippen LogP contribution in [0.25, 0.3) is 10.1 Å². The van der Waals surface area contributed by atoms with E-state index in [0.29, 0.717) is 18.0 Å². The predicted molar refractivity (Wildman–Crippen MR) is 97.4 cm³/mol. The molecule has 0 bridgehead atoms. The first-order chi connectivity index (χ1) is 11.5. The van der Waals surface area contributed by atoms with Crippen LogP contribution in [0.3, 0.4) is 0 Å². The monoisotopic (exact) mass is 348 g/mol. The SMILES string of the molecule is CCN(CC(=O)NC(C)C)C(=O)c1sc2ccccc2c1COC. The number of carbonyl (C=O) groups excluding carboxylic acids is 2. The summed E-state index contributed by atoms with van der Waals surface area (Å²) in [4.78, 5) is 27.2. The number of hydrogen-bond acceptors (Lipinski definition) is 4. The lowest BCUT2D eigenvalue weighted by atomic mass is 10.1. The molecule has 0 aliphatic heterocycles. The molecule has 24 heavy (non-hydrogen) atoms. The zero-order chi connectivity index (χ0) is 17.7. The average Bonchev–Trinajstić information content (AvgIpc) is 2.90. The molecule has 0 saturated heterocycles. The lowest BCUT2D eigenvalue weighted by Gasteiger charge is -2.21. The number of nitrogens with one attached hydrogen (secondary N) is 1. The highest BCUT2D eigenvalue weighted by atomic mass is 32.1. The Morgan fingerprint density at radius 1 is 1.29 bits per heavy atom. The van der Waals surface area contributed by atoms with Crippen molar-refractivity contribution in [2.75, 3.05) is 20.2 Å². The van der Waals surface area contributed by atoms with E-state index in [1.165, 1.54) is 11.3 Å². The van der Waals surface area contributed by atoms with E-state index in [2.05, 4.69) is 5.32 Å². The Morgan fingerprint density at radius 2 is 2.00 bits per heavy atom. The van der Waals surface area contributed by atoms with Crippen molar-refractivity contribution in [1.82, 2.24) is 10.2 Å². The number of carbonyl (C=O) groups is 2. The first-order valence-corrected chi connectivity index (χ1v) is 8.87. The second kappa shape index (κ2) is 8.26. The molecule has 0 fully saturated rings. The van der Waals surface area contributed by atoms with Crippen molar-refractivity contribution in [3.63, 3.8) is 0 Å².